The normalized spacial score (nSPS) is 11.4. The maximum atomic E-state index is 12.7. The summed E-state index contributed by atoms with van der Waals surface area (Å²) < 4.78 is 43.1. The first-order chi connectivity index (χ1) is 8.90. The summed E-state index contributed by atoms with van der Waals surface area (Å²) in [5.74, 6) is 0.628. The molecule has 0 unspecified atom stereocenters. The van der Waals surface area contributed by atoms with Crippen LogP contribution in [0, 0.1) is 3.83 Å². The van der Waals surface area contributed by atoms with Gasteiger partial charge in [-0.15, -0.1) is 0 Å². The van der Waals surface area contributed by atoms with E-state index in [1.807, 2.05) is 0 Å². The van der Waals surface area contributed by atoms with Crippen molar-refractivity contribution in [3.8, 4) is 17.0 Å². The molecular formula is C12H8F3IN2O. The molecule has 1 heterocycles. The minimum atomic E-state index is -4.48. The zero-order chi connectivity index (χ0) is 14.0. The van der Waals surface area contributed by atoms with Gasteiger partial charge in [0.05, 0.1) is 12.8 Å². The van der Waals surface area contributed by atoms with Crippen molar-refractivity contribution < 1.29 is 17.9 Å². The molecule has 0 bridgehead atoms. The highest BCUT2D eigenvalue weighted by Crippen LogP contribution is 2.30. The fourth-order valence-electron chi connectivity index (χ4n) is 1.47. The zero-order valence-corrected chi connectivity index (χ0v) is 11.9. The zero-order valence-electron chi connectivity index (χ0n) is 9.70. The van der Waals surface area contributed by atoms with Crippen LogP contribution in [0.25, 0.3) is 11.3 Å². The summed E-state index contributed by atoms with van der Waals surface area (Å²) in [6.45, 7) is 0. The Morgan fingerprint density at radius 3 is 2.26 bits per heavy atom. The quantitative estimate of drug-likeness (QED) is 0.588. The van der Waals surface area contributed by atoms with Crippen molar-refractivity contribution >= 4 is 22.6 Å². The van der Waals surface area contributed by atoms with Crippen LogP contribution >= 0.6 is 22.6 Å². The number of aromatic nitrogens is 2. The summed E-state index contributed by atoms with van der Waals surface area (Å²) in [6.07, 6.45) is -4.48. The molecule has 2 aromatic rings. The molecule has 0 aliphatic rings. The molecule has 7 heteroatoms. The maximum Gasteiger partial charge on any atom is 0.433 e. The van der Waals surface area contributed by atoms with Crippen LogP contribution in [0.5, 0.6) is 5.75 Å². The molecule has 0 fully saturated rings. The molecule has 0 amide bonds. The second-order valence-corrected chi connectivity index (χ2v) is 4.60. The van der Waals surface area contributed by atoms with Crippen molar-refractivity contribution in [3.05, 3.63) is 39.9 Å². The lowest BCUT2D eigenvalue weighted by Crippen LogP contribution is -2.10. The van der Waals surface area contributed by atoms with Crippen LogP contribution in [-0.4, -0.2) is 17.1 Å². The second-order valence-electron chi connectivity index (χ2n) is 3.63. The summed E-state index contributed by atoms with van der Waals surface area (Å²) in [4.78, 5) is 7.40. The lowest BCUT2D eigenvalue weighted by atomic mass is 10.1. The fourth-order valence-corrected chi connectivity index (χ4v) is 1.99. The third-order valence-electron chi connectivity index (χ3n) is 2.38. The largest absolute Gasteiger partial charge is 0.497 e. The van der Waals surface area contributed by atoms with Gasteiger partial charge in [0, 0.05) is 28.2 Å². The van der Waals surface area contributed by atoms with E-state index in [4.69, 9.17) is 4.74 Å². The van der Waals surface area contributed by atoms with Gasteiger partial charge >= 0.3 is 6.18 Å². The van der Waals surface area contributed by atoms with E-state index in [0.29, 0.717) is 11.3 Å². The number of rotatable bonds is 2. The number of hydrogen-bond acceptors (Lipinski definition) is 3. The number of nitrogens with zero attached hydrogens (tertiary/aromatic N) is 2. The van der Waals surface area contributed by atoms with E-state index in [1.54, 1.807) is 46.9 Å². The Morgan fingerprint density at radius 1 is 1.11 bits per heavy atom. The summed E-state index contributed by atoms with van der Waals surface area (Å²) in [6, 6.07) is 7.56. The van der Waals surface area contributed by atoms with E-state index in [9.17, 15) is 13.2 Å². The van der Waals surface area contributed by atoms with Gasteiger partial charge < -0.3 is 4.74 Å². The Balaban J connectivity index is 2.46. The molecule has 0 radical (unpaired) electrons. The van der Waals surface area contributed by atoms with Crippen LogP contribution in [0.15, 0.2) is 30.3 Å². The molecule has 100 valence electrons. The van der Waals surface area contributed by atoms with Crippen LogP contribution in [-0.2, 0) is 6.18 Å². The molecule has 2 rings (SSSR count). The summed E-state index contributed by atoms with van der Waals surface area (Å²) in [5.41, 5.74) is -0.140. The molecule has 0 aliphatic carbocycles. The van der Waals surface area contributed by atoms with Gasteiger partial charge in [-0.1, -0.05) is 0 Å². The van der Waals surface area contributed by atoms with E-state index in [0.717, 1.165) is 6.07 Å². The predicted molar refractivity (Wildman–Crippen MR) is 71.7 cm³/mol. The number of ether oxygens (including phenoxy) is 1. The van der Waals surface area contributed by atoms with E-state index < -0.39 is 11.9 Å². The molecule has 0 saturated carbocycles. The van der Waals surface area contributed by atoms with Gasteiger partial charge in [-0.05, 0) is 30.3 Å². The Bertz CT molecular complexity index is 585. The average Bonchev–Trinajstić information content (AvgIpc) is 2.37. The van der Waals surface area contributed by atoms with E-state index in [2.05, 4.69) is 9.97 Å². The highest BCUT2D eigenvalue weighted by molar-refractivity contribution is 14.1. The van der Waals surface area contributed by atoms with Crippen molar-refractivity contribution in [2.75, 3.05) is 7.11 Å². The summed E-state index contributed by atoms with van der Waals surface area (Å²) in [5, 5.41) is 0. The van der Waals surface area contributed by atoms with Gasteiger partial charge in [-0.25, -0.2) is 9.97 Å². The topological polar surface area (TPSA) is 35.0 Å². The third kappa shape index (κ3) is 3.34. The van der Waals surface area contributed by atoms with Crippen LogP contribution in [0.4, 0.5) is 13.2 Å². The van der Waals surface area contributed by atoms with Gasteiger partial charge in [0.15, 0.2) is 3.83 Å². The monoisotopic (exact) mass is 380 g/mol. The van der Waals surface area contributed by atoms with Crippen LogP contribution in [0.3, 0.4) is 0 Å². The Labute approximate surface area is 121 Å². The Hall–Kier alpha value is -1.38. The molecule has 0 N–H and O–H groups in total. The Kier molecular flexibility index (Phi) is 3.93. The highest BCUT2D eigenvalue weighted by atomic mass is 127. The molecule has 0 spiro atoms. The van der Waals surface area contributed by atoms with Crippen molar-refractivity contribution in [3.63, 3.8) is 0 Å². The van der Waals surface area contributed by atoms with Crippen LogP contribution in [0.1, 0.15) is 5.69 Å². The first kappa shape index (κ1) is 14.0. The van der Waals surface area contributed by atoms with E-state index in [-0.39, 0.29) is 9.53 Å². The van der Waals surface area contributed by atoms with Gasteiger partial charge in [0.2, 0.25) is 0 Å². The third-order valence-corrected chi connectivity index (χ3v) is 2.86. The van der Waals surface area contributed by atoms with Crippen molar-refractivity contribution in [1.82, 2.24) is 9.97 Å². The van der Waals surface area contributed by atoms with E-state index in [1.165, 1.54) is 7.11 Å². The molecule has 0 saturated heterocycles. The number of methoxy groups -OCH3 is 1. The van der Waals surface area contributed by atoms with E-state index >= 15 is 0 Å². The van der Waals surface area contributed by atoms with Gasteiger partial charge in [0.25, 0.3) is 0 Å². The number of hydrogen-bond donors (Lipinski definition) is 0. The maximum absolute atomic E-state index is 12.7. The summed E-state index contributed by atoms with van der Waals surface area (Å²) >= 11 is 1.66. The predicted octanol–water partition coefficient (Wildman–Crippen LogP) is 3.78. The molecule has 3 nitrogen and oxygen atoms in total. The fraction of sp³-hybridized carbons (Fsp3) is 0.167. The molecule has 1 aromatic heterocycles. The van der Waals surface area contributed by atoms with Crippen LogP contribution in [0.2, 0.25) is 0 Å². The molecule has 19 heavy (non-hydrogen) atoms. The molecule has 0 aliphatic heterocycles. The molecule has 0 atom stereocenters. The minimum Gasteiger partial charge on any atom is -0.497 e. The van der Waals surface area contributed by atoms with Gasteiger partial charge in [-0.3, -0.25) is 0 Å². The van der Waals surface area contributed by atoms with Crippen molar-refractivity contribution in [1.29, 1.82) is 0 Å². The smallest absolute Gasteiger partial charge is 0.433 e. The van der Waals surface area contributed by atoms with Crippen molar-refractivity contribution in [2.45, 2.75) is 6.18 Å². The minimum absolute atomic E-state index is 0.0539. The average molecular weight is 380 g/mol. The first-order valence-electron chi connectivity index (χ1n) is 5.16. The number of alkyl halides is 3. The van der Waals surface area contributed by atoms with Crippen molar-refractivity contribution in [2.24, 2.45) is 0 Å². The first-order valence-corrected chi connectivity index (χ1v) is 6.24. The van der Waals surface area contributed by atoms with Gasteiger partial charge in [-0.2, -0.15) is 13.2 Å². The lowest BCUT2D eigenvalue weighted by Gasteiger charge is -2.08. The highest BCUT2D eigenvalue weighted by Gasteiger charge is 2.33. The SMILES string of the molecule is COc1ccc(-c2cc(C(F)(F)F)nc(I)n2)cc1. The molecular weight excluding hydrogens is 372 g/mol. The number of benzene rings is 1. The van der Waals surface area contributed by atoms with Crippen LogP contribution < -0.4 is 4.74 Å². The Morgan fingerprint density at radius 2 is 1.74 bits per heavy atom. The standard InChI is InChI=1S/C12H8F3IN2O/c1-19-8-4-2-7(3-5-8)9-6-10(12(13,14)15)18-11(16)17-9/h2-6H,1H3. The molecule has 1 aromatic carbocycles. The second kappa shape index (κ2) is 5.32. The number of halogens is 4. The lowest BCUT2D eigenvalue weighted by molar-refractivity contribution is -0.141. The summed E-state index contributed by atoms with van der Waals surface area (Å²) in [7, 11) is 1.52. The van der Waals surface area contributed by atoms with Gasteiger partial charge in [0.1, 0.15) is 11.4 Å².